The molecule has 100 valence electrons. The van der Waals surface area contributed by atoms with Crippen molar-refractivity contribution in [3.8, 4) is 5.75 Å². The van der Waals surface area contributed by atoms with Crippen LogP contribution < -0.4 is 5.32 Å². The van der Waals surface area contributed by atoms with Gasteiger partial charge in [0.15, 0.2) is 0 Å². The van der Waals surface area contributed by atoms with E-state index in [-0.39, 0.29) is 11.4 Å². The predicted octanol–water partition coefficient (Wildman–Crippen LogP) is 3.26. The topological polar surface area (TPSA) is 65.1 Å². The molecule has 1 aromatic heterocycles. The summed E-state index contributed by atoms with van der Waals surface area (Å²) in [6.07, 6.45) is 1.78. The number of benzene rings is 2. The van der Waals surface area contributed by atoms with E-state index in [9.17, 15) is 9.18 Å². The van der Waals surface area contributed by atoms with Gasteiger partial charge in [0.25, 0.3) is 5.91 Å². The van der Waals surface area contributed by atoms with Crippen molar-refractivity contribution in [1.82, 2.24) is 4.98 Å². The smallest absolute Gasteiger partial charge is 0.255 e. The monoisotopic (exact) mass is 270 g/mol. The Morgan fingerprint density at radius 2 is 2.00 bits per heavy atom. The van der Waals surface area contributed by atoms with E-state index in [0.29, 0.717) is 5.56 Å². The van der Waals surface area contributed by atoms with Gasteiger partial charge in [-0.2, -0.15) is 0 Å². The SMILES string of the molecule is O=C(Nc1ccc(O)cc1F)c1ccc2cc[nH]c2c1. The van der Waals surface area contributed by atoms with Gasteiger partial charge in [0.2, 0.25) is 0 Å². The molecule has 0 aliphatic heterocycles. The summed E-state index contributed by atoms with van der Waals surface area (Å²) in [6, 6.07) is 10.7. The maximum Gasteiger partial charge on any atom is 0.255 e. The van der Waals surface area contributed by atoms with E-state index >= 15 is 0 Å². The number of phenols is 1. The molecule has 0 unspecified atom stereocenters. The third-order valence-electron chi connectivity index (χ3n) is 3.02. The van der Waals surface area contributed by atoms with Crippen LogP contribution in [0.4, 0.5) is 10.1 Å². The molecule has 0 fully saturated rings. The van der Waals surface area contributed by atoms with E-state index in [1.165, 1.54) is 12.1 Å². The zero-order valence-corrected chi connectivity index (χ0v) is 10.4. The number of rotatable bonds is 2. The van der Waals surface area contributed by atoms with Crippen LogP contribution in [-0.2, 0) is 0 Å². The number of aromatic nitrogens is 1. The number of amides is 1. The molecule has 0 aliphatic rings. The summed E-state index contributed by atoms with van der Waals surface area (Å²) in [7, 11) is 0. The molecular weight excluding hydrogens is 259 g/mol. The molecule has 0 saturated carbocycles. The van der Waals surface area contributed by atoms with Crippen LogP contribution in [0.15, 0.2) is 48.7 Å². The van der Waals surface area contributed by atoms with Crippen molar-refractivity contribution in [1.29, 1.82) is 0 Å². The second-order valence-electron chi connectivity index (χ2n) is 4.40. The van der Waals surface area contributed by atoms with Gasteiger partial charge < -0.3 is 15.4 Å². The number of anilines is 1. The number of carbonyl (C=O) groups is 1. The number of carbonyl (C=O) groups excluding carboxylic acids is 1. The number of fused-ring (bicyclic) bond motifs is 1. The number of hydrogen-bond acceptors (Lipinski definition) is 2. The van der Waals surface area contributed by atoms with E-state index in [0.717, 1.165) is 17.0 Å². The minimum Gasteiger partial charge on any atom is -0.508 e. The fourth-order valence-electron chi connectivity index (χ4n) is 1.99. The number of aromatic hydroxyl groups is 1. The Kier molecular flexibility index (Phi) is 2.87. The molecule has 0 atom stereocenters. The number of phenolic OH excluding ortho intramolecular Hbond substituents is 1. The average Bonchev–Trinajstić information content (AvgIpc) is 2.89. The Bertz CT molecular complexity index is 795. The molecule has 0 saturated heterocycles. The van der Waals surface area contributed by atoms with Crippen LogP contribution in [0.3, 0.4) is 0 Å². The van der Waals surface area contributed by atoms with Gasteiger partial charge in [0.1, 0.15) is 11.6 Å². The molecule has 3 aromatic rings. The zero-order valence-electron chi connectivity index (χ0n) is 10.4. The van der Waals surface area contributed by atoms with Gasteiger partial charge in [-0.05, 0) is 35.7 Å². The van der Waals surface area contributed by atoms with Gasteiger partial charge in [-0.15, -0.1) is 0 Å². The maximum absolute atomic E-state index is 13.5. The molecular formula is C15H11FN2O2. The van der Waals surface area contributed by atoms with Crippen LogP contribution in [0.25, 0.3) is 10.9 Å². The number of H-pyrrole nitrogens is 1. The second kappa shape index (κ2) is 4.70. The highest BCUT2D eigenvalue weighted by Crippen LogP contribution is 2.21. The lowest BCUT2D eigenvalue weighted by Crippen LogP contribution is -2.12. The van der Waals surface area contributed by atoms with E-state index in [2.05, 4.69) is 10.3 Å². The number of nitrogens with one attached hydrogen (secondary N) is 2. The first-order valence-electron chi connectivity index (χ1n) is 6.00. The van der Waals surface area contributed by atoms with Crippen molar-refractivity contribution in [2.45, 2.75) is 0 Å². The first-order chi connectivity index (χ1) is 9.63. The molecule has 2 aromatic carbocycles. The molecule has 3 N–H and O–H groups in total. The standard InChI is InChI=1S/C15H11FN2O2/c16-12-8-11(19)3-4-13(12)18-15(20)10-2-1-9-5-6-17-14(9)7-10/h1-8,17,19H,(H,18,20). The Balaban J connectivity index is 1.88. The van der Waals surface area contributed by atoms with Gasteiger partial charge in [-0.25, -0.2) is 4.39 Å². The summed E-state index contributed by atoms with van der Waals surface area (Å²) in [4.78, 5) is 15.1. The van der Waals surface area contributed by atoms with E-state index in [1.807, 2.05) is 12.1 Å². The highest BCUT2D eigenvalue weighted by molar-refractivity contribution is 6.06. The Hall–Kier alpha value is -2.82. The van der Waals surface area contributed by atoms with E-state index < -0.39 is 11.7 Å². The van der Waals surface area contributed by atoms with Crippen LogP contribution in [0.1, 0.15) is 10.4 Å². The van der Waals surface area contributed by atoms with Crippen LogP contribution in [0.2, 0.25) is 0 Å². The first-order valence-corrected chi connectivity index (χ1v) is 6.00. The van der Waals surface area contributed by atoms with Gasteiger partial charge in [0.05, 0.1) is 5.69 Å². The quantitative estimate of drug-likeness (QED) is 0.626. The van der Waals surface area contributed by atoms with Crippen molar-refractivity contribution >= 4 is 22.5 Å². The van der Waals surface area contributed by atoms with Gasteiger partial charge in [-0.1, -0.05) is 6.07 Å². The summed E-state index contributed by atoms with van der Waals surface area (Å²) in [5.74, 6) is -1.28. The van der Waals surface area contributed by atoms with Crippen molar-refractivity contribution in [3.63, 3.8) is 0 Å². The van der Waals surface area contributed by atoms with E-state index in [1.54, 1.807) is 18.3 Å². The lowest BCUT2D eigenvalue weighted by Gasteiger charge is -2.07. The number of hydrogen-bond donors (Lipinski definition) is 3. The molecule has 0 bridgehead atoms. The Morgan fingerprint density at radius 3 is 2.80 bits per heavy atom. The molecule has 0 spiro atoms. The number of halogens is 1. The minimum atomic E-state index is -0.681. The summed E-state index contributed by atoms with van der Waals surface area (Å²) in [6.45, 7) is 0. The fraction of sp³-hybridized carbons (Fsp3) is 0. The lowest BCUT2D eigenvalue weighted by molar-refractivity contribution is 0.102. The van der Waals surface area contributed by atoms with Gasteiger partial charge in [-0.3, -0.25) is 4.79 Å². The van der Waals surface area contributed by atoms with Gasteiger partial charge in [0, 0.05) is 23.3 Å². The Labute approximate surface area is 113 Å². The van der Waals surface area contributed by atoms with Crippen molar-refractivity contribution < 1.29 is 14.3 Å². The molecule has 4 nitrogen and oxygen atoms in total. The highest BCUT2D eigenvalue weighted by Gasteiger charge is 2.10. The Morgan fingerprint density at radius 1 is 1.15 bits per heavy atom. The molecule has 0 aliphatic carbocycles. The maximum atomic E-state index is 13.5. The lowest BCUT2D eigenvalue weighted by atomic mass is 10.1. The molecule has 1 heterocycles. The minimum absolute atomic E-state index is 0.0272. The molecule has 20 heavy (non-hydrogen) atoms. The predicted molar refractivity (Wildman–Crippen MR) is 74.3 cm³/mol. The zero-order chi connectivity index (χ0) is 14.1. The van der Waals surface area contributed by atoms with E-state index in [4.69, 9.17) is 5.11 Å². The summed E-state index contributed by atoms with van der Waals surface area (Å²) >= 11 is 0. The number of aromatic amines is 1. The largest absolute Gasteiger partial charge is 0.508 e. The summed E-state index contributed by atoms with van der Waals surface area (Å²) < 4.78 is 13.5. The molecule has 0 radical (unpaired) electrons. The summed E-state index contributed by atoms with van der Waals surface area (Å²) in [5, 5.41) is 12.6. The third kappa shape index (κ3) is 2.21. The third-order valence-corrected chi connectivity index (χ3v) is 3.02. The average molecular weight is 270 g/mol. The fourth-order valence-corrected chi connectivity index (χ4v) is 1.99. The molecule has 3 rings (SSSR count). The first kappa shape index (κ1) is 12.2. The second-order valence-corrected chi connectivity index (χ2v) is 4.40. The summed E-state index contributed by atoms with van der Waals surface area (Å²) in [5.41, 5.74) is 1.29. The van der Waals surface area contributed by atoms with Crippen LogP contribution >= 0.6 is 0 Å². The van der Waals surface area contributed by atoms with Crippen LogP contribution in [0, 0.1) is 5.82 Å². The van der Waals surface area contributed by atoms with Crippen molar-refractivity contribution in [2.24, 2.45) is 0 Å². The van der Waals surface area contributed by atoms with Crippen molar-refractivity contribution in [2.75, 3.05) is 5.32 Å². The van der Waals surface area contributed by atoms with Gasteiger partial charge >= 0.3 is 0 Å². The highest BCUT2D eigenvalue weighted by atomic mass is 19.1. The van der Waals surface area contributed by atoms with Crippen LogP contribution in [-0.4, -0.2) is 16.0 Å². The van der Waals surface area contributed by atoms with Crippen LogP contribution in [0.5, 0.6) is 5.75 Å². The van der Waals surface area contributed by atoms with Crippen molar-refractivity contribution in [3.05, 3.63) is 60.0 Å². The normalized spacial score (nSPS) is 10.7. The molecule has 1 amide bonds. The molecule has 5 heteroatoms.